The number of halogens is 1. The van der Waals surface area contributed by atoms with Crippen LogP contribution in [0.4, 0.5) is 4.39 Å². The van der Waals surface area contributed by atoms with E-state index >= 15 is 0 Å². The van der Waals surface area contributed by atoms with Crippen LogP contribution in [0.5, 0.6) is 11.5 Å². The van der Waals surface area contributed by atoms with E-state index in [-0.39, 0.29) is 17.0 Å². The minimum absolute atomic E-state index is 0.0387. The van der Waals surface area contributed by atoms with E-state index in [1.807, 2.05) is 24.3 Å². The largest absolute Gasteiger partial charge is 0.457 e. The van der Waals surface area contributed by atoms with Crippen molar-refractivity contribution in [1.82, 2.24) is 4.90 Å². The first-order valence-corrected chi connectivity index (χ1v) is 11.3. The number of benzene rings is 2. The number of piperidine rings is 1. The van der Waals surface area contributed by atoms with Gasteiger partial charge in [-0.25, -0.2) is 12.8 Å². The summed E-state index contributed by atoms with van der Waals surface area (Å²) in [4.78, 5) is 14.2. The van der Waals surface area contributed by atoms with E-state index in [1.165, 1.54) is 18.4 Å². The molecule has 0 aromatic heterocycles. The van der Waals surface area contributed by atoms with Crippen LogP contribution in [-0.4, -0.2) is 43.8 Å². The summed E-state index contributed by atoms with van der Waals surface area (Å²) in [5.74, 6) is 0.894. The van der Waals surface area contributed by atoms with Crippen molar-refractivity contribution in [3.8, 4) is 11.5 Å². The zero-order valence-electron chi connectivity index (χ0n) is 15.8. The van der Waals surface area contributed by atoms with Crippen molar-refractivity contribution in [3.63, 3.8) is 0 Å². The molecule has 1 aliphatic rings. The molecule has 0 unspecified atom stereocenters. The Hall–Kier alpha value is -2.41. The monoisotopic (exact) mass is 405 g/mol. The van der Waals surface area contributed by atoms with E-state index in [1.54, 1.807) is 17.0 Å². The van der Waals surface area contributed by atoms with Gasteiger partial charge < -0.3 is 9.64 Å². The van der Waals surface area contributed by atoms with Crippen molar-refractivity contribution in [3.05, 3.63) is 59.9 Å². The van der Waals surface area contributed by atoms with Gasteiger partial charge in [0.2, 0.25) is 5.91 Å². The molecule has 0 atom stereocenters. The van der Waals surface area contributed by atoms with Gasteiger partial charge in [-0.15, -0.1) is 0 Å². The summed E-state index contributed by atoms with van der Waals surface area (Å²) >= 11 is 0. The molecule has 5 nitrogen and oxygen atoms in total. The molecule has 0 bridgehead atoms. The molecular weight excluding hydrogens is 381 g/mol. The van der Waals surface area contributed by atoms with Crippen LogP contribution in [-0.2, 0) is 21.1 Å². The fourth-order valence-electron chi connectivity index (χ4n) is 3.35. The minimum atomic E-state index is -3.04. The van der Waals surface area contributed by atoms with Crippen molar-refractivity contribution in [2.45, 2.75) is 30.9 Å². The SMILES string of the molecule is CS(=O)(=O)C1CCN(C(=O)CCc2cccc(Oc3ccc(F)cc3)c2)CC1. The molecular formula is C21H24FNO4S. The Bertz CT molecular complexity index is 920. The molecule has 150 valence electrons. The van der Waals surface area contributed by atoms with E-state index in [9.17, 15) is 17.6 Å². The van der Waals surface area contributed by atoms with Crippen LogP contribution >= 0.6 is 0 Å². The second-order valence-corrected chi connectivity index (χ2v) is 9.44. The average molecular weight is 405 g/mol. The zero-order valence-corrected chi connectivity index (χ0v) is 16.6. The molecule has 0 saturated carbocycles. The smallest absolute Gasteiger partial charge is 0.222 e. The standard InChI is InChI=1S/C21H24FNO4S/c1-28(25,26)20-11-13-23(14-12-20)21(24)10-5-16-3-2-4-19(15-16)27-18-8-6-17(22)7-9-18/h2-4,6-9,15,20H,5,10-14H2,1H3. The van der Waals surface area contributed by atoms with Crippen LogP contribution in [0.2, 0.25) is 0 Å². The molecule has 1 aliphatic heterocycles. The Kier molecular flexibility index (Phi) is 6.34. The lowest BCUT2D eigenvalue weighted by atomic mass is 10.1. The molecule has 2 aromatic carbocycles. The normalized spacial score (nSPS) is 15.4. The summed E-state index contributed by atoms with van der Waals surface area (Å²) in [5, 5.41) is -0.336. The summed E-state index contributed by atoms with van der Waals surface area (Å²) in [6, 6.07) is 13.3. The van der Waals surface area contributed by atoms with Crippen LogP contribution in [0.3, 0.4) is 0 Å². The van der Waals surface area contributed by atoms with Crippen molar-refractivity contribution < 1.29 is 22.3 Å². The zero-order chi connectivity index (χ0) is 20.1. The van der Waals surface area contributed by atoms with Gasteiger partial charge in [0.25, 0.3) is 0 Å². The molecule has 0 radical (unpaired) electrons. The quantitative estimate of drug-likeness (QED) is 0.737. The third-order valence-corrected chi connectivity index (χ3v) is 6.66. The Morgan fingerprint density at radius 3 is 2.43 bits per heavy atom. The molecule has 3 rings (SSSR count). The lowest BCUT2D eigenvalue weighted by Crippen LogP contribution is -2.42. The van der Waals surface area contributed by atoms with Crippen molar-refractivity contribution >= 4 is 15.7 Å². The van der Waals surface area contributed by atoms with Crippen LogP contribution in [0.15, 0.2) is 48.5 Å². The Balaban J connectivity index is 1.52. The highest BCUT2D eigenvalue weighted by Gasteiger charge is 2.28. The van der Waals surface area contributed by atoms with E-state index in [0.29, 0.717) is 50.3 Å². The van der Waals surface area contributed by atoms with Gasteiger partial charge in [0.15, 0.2) is 0 Å². The third kappa shape index (κ3) is 5.55. The van der Waals surface area contributed by atoms with Crippen molar-refractivity contribution in [2.75, 3.05) is 19.3 Å². The Morgan fingerprint density at radius 1 is 1.11 bits per heavy atom. The van der Waals surface area contributed by atoms with Gasteiger partial charge in [0.05, 0.1) is 5.25 Å². The van der Waals surface area contributed by atoms with Crippen molar-refractivity contribution in [2.24, 2.45) is 0 Å². The molecule has 1 saturated heterocycles. The molecule has 28 heavy (non-hydrogen) atoms. The van der Waals surface area contributed by atoms with Gasteiger partial charge in [0, 0.05) is 25.8 Å². The molecule has 2 aromatic rings. The van der Waals surface area contributed by atoms with Gasteiger partial charge in [-0.2, -0.15) is 0 Å². The number of aryl methyl sites for hydroxylation is 1. The summed E-state index contributed by atoms with van der Waals surface area (Å²) < 4.78 is 41.9. The highest BCUT2D eigenvalue weighted by molar-refractivity contribution is 7.91. The molecule has 0 spiro atoms. The van der Waals surface area contributed by atoms with E-state index in [0.717, 1.165) is 5.56 Å². The van der Waals surface area contributed by atoms with Crippen LogP contribution in [0.1, 0.15) is 24.8 Å². The molecule has 7 heteroatoms. The lowest BCUT2D eigenvalue weighted by Gasteiger charge is -2.31. The highest BCUT2D eigenvalue weighted by atomic mass is 32.2. The van der Waals surface area contributed by atoms with Crippen molar-refractivity contribution in [1.29, 1.82) is 0 Å². The lowest BCUT2D eigenvalue weighted by molar-refractivity contribution is -0.132. The number of amides is 1. The Morgan fingerprint density at radius 2 is 1.79 bits per heavy atom. The minimum Gasteiger partial charge on any atom is -0.457 e. The number of carbonyl (C=O) groups is 1. The van der Waals surface area contributed by atoms with Crippen LogP contribution < -0.4 is 4.74 Å². The van der Waals surface area contributed by atoms with Crippen LogP contribution in [0.25, 0.3) is 0 Å². The fraction of sp³-hybridized carbons (Fsp3) is 0.381. The predicted molar refractivity (Wildman–Crippen MR) is 106 cm³/mol. The molecule has 1 fully saturated rings. The third-order valence-electron chi connectivity index (χ3n) is 4.98. The number of carbonyl (C=O) groups excluding carboxylic acids is 1. The molecule has 1 amide bonds. The summed E-state index contributed by atoms with van der Waals surface area (Å²) in [6.45, 7) is 0.981. The number of hydrogen-bond donors (Lipinski definition) is 0. The summed E-state index contributed by atoms with van der Waals surface area (Å²) in [6.07, 6.45) is 3.21. The van der Waals surface area contributed by atoms with Crippen LogP contribution in [0, 0.1) is 5.82 Å². The number of ether oxygens (including phenoxy) is 1. The van der Waals surface area contributed by atoms with Gasteiger partial charge >= 0.3 is 0 Å². The summed E-state index contributed by atoms with van der Waals surface area (Å²) in [7, 11) is -3.04. The van der Waals surface area contributed by atoms with Gasteiger partial charge in [-0.1, -0.05) is 12.1 Å². The number of rotatable bonds is 6. The molecule has 1 heterocycles. The average Bonchev–Trinajstić information content (AvgIpc) is 2.68. The van der Waals surface area contributed by atoms with Gasteiger partial charge in [0.1, 0.15) is 27.2 Å². The number of sulfone groups is 1. The first-order valence-electron chi connectivity index (χ1n) is 9.30. The second-order valence-electron chi connectivity index (χ2n) is 7.11. The first-order chi connectivity index (χ1) is 13.3. The maximum Gasteiger partial charge on any atom is 0.222 e. The number of likely N-dealkylation sites (tertiary alicyclic amines) is 1. The predicted octanol–water partition coefficient (Wildman–Crippen LogP) is 3.59. The second kappa shape index (κ2) is 8.73. The van der Waals surface area contributed by atoms with E-state index in [2.05, 4.69) is 0 Å². The maximum atomic E-state index is 13.0. The maximum absolute atomic E-state index is 13.0. The van der Waals surface area contributed by atoms with Gasteiger partial charge in [-0.05, 0) is 61.2 Å². The first kappa shape index (κ1) is 20.3. The number of hydrogen-bond acceptors (Lipinski definition) is 4. The number of nitrogens with zero attached hydrogens (tertiary/aromatic N) is 1. The molecule has 0 aliphatic carbocycles. The molecule has 0 N–H and O–H groups in total. The highest BCUT2D eigenvalue weighted by Crippen LogP contribution is 2.23. The fourth-order valence-corrected chi connectivity index (χ4v) is 4.41. The van der Waals surface area contributed by atoms with E-state index < -0.39 is 9.84 Å². The topological polar surface area (TPSA) is 63.7 Å². The Labute approximate surface area is 165 Å². The van der Waals surface area contributed by atoms with Gasteiger partial charge in [-0.3, -0.25) is 4.79 Å². The summed E-state index contributed by atoms with van der Waals surface area (Å²) in [5.41, 5.74) is 0.971. The van der Waals surface area contributed by atoms with E-state index in [4.69, 9.17) is 4.74 Å².